The van der Waals surface area contributed by atoms with E-state index in [1.165, 1.54) is 58.1 Å². The Labute approximate surface area is 376 Å². The third kappa shape index (κ3) is 5.64. The van der Waals surface area contributed by atoms with E-state index in [0.29, 0.717) is 5.84 Å². The number of benzene rings is 10. The number of aliphatic imine (C=N–C) groups is 2. The van der Waals surface area contributed by atoms with Crippen LogP contribution in [0.3, 0.4) is 0 Å². The molecule has 0 bridgehead atoms. The molecule has 65 heavy (non-hydrogen) atoms. The van der Waals surface area contributed by atoms with Crippen LogP contribution >= 0.6 is 11.3 Å². The van der Waals surface area contributed by atoms with Gasteiger partial charge in [-0.3, -0.25) is 0 Å². The second-order valence-corrected chi connectivity index (χ2v) is 18.0. The van der Waals surface area contributed by atoms with Crippen LogP contribution in [-0.4, -0.2) is 16.2 Å². The zero-order valence-electron chi connectivity index (χ0n) is 34.9. The lowest BCUT2D eigenvalue weighted by Gasteiger charge is -2.25. The molecule has 14 rings (SSSR count). The lowest BCUT2D eigenvalue weighted by molar-refractivity contribution is 0.666. The minimum absolute atomic E-state index is 0.391. The van der Waals surface area contributed by atoms with Gasteiger partial charge >= 0.3 is 0 Å². The van der Waals surface area contributed by atoms with Crippen LogP contribution < -0.4 is 5.32 Å². The van der Waals surface area contributed by atoms with E-state index in [0.717, 1.165) is 66.7 Å². The smallest absolute Gasteiger partial charge is 0.160 e. The summed E-state index contributed by atoms with van der Waals surface area (Å²) in [6.07, 6.45) is -0.391. The molecule has 10 aromatic carbocycles. The number of aromatic nitrogens is 1. The highest BCUT2D eigenvalue weighted by Crippen LogP contribution is 2.47. The quantitative estimate of drug-likeness (QED) is 0.188. The summed E-state index contributed by atoms with van der Waals surface area (Å²) in [4.78, 5) is 11.0. The number of thiophene rings is 1. The van der Waals surface area contributed by atoms with Crippen molar-refractivity contribution in [1.82, 2.24) is 9.88 Å². The minimum Gasteiger partial charge on any atom is -0.456 e. The predicted molar refractivity (Wildman–Crippen MR) is 273 cm³/mol. The molecule has 1 unspecified atom stereocenters. The first kappa shape index (κ1) is 36.2. The molecule has 3 aromatic heterocycles. The van der Waals surface area contributed by atoms with Gasteiger partial charge in [-0.25, -0.2) is 9.98 Å². The molecule has 1 N–H and O–H groups in total. The highest BCUT2D eigenvalue weighted by Gasteiger charge is 2.26. The van der Waals surface area contributed by atoms with Gasteiger partial charge in [0.1, 0.15) is 23.2 Å². The Hall–Kier alpha value is -8.32. The molecule has 0 radical (unpaired) electrons. The van der Waals surface area contributed by atoms with Crippen LogP contribution in [0.5, 0.6) is 0 Å². The number of amidine groups is 2. The van der Waals surface area contributed by atoms with Gasteiger partial charge in [0.2, 0.25) is 0 Å². The zero-order chi connectivity index (χ0) is 42.6. The van der Waals surface area contributed by atoms with Crippen LogP contribution in [0.1, 0.15) is 22.9 Å². The van der Waals surface area contributed by atoms with Gasteiger partial charge in [0.25, 0.3) is 0 Å². The predicted octanol–water partition coefficient (Wildman–Crippen LogP) is 15.5. The molecule has 0 spiro atoms. The van der Waals surface area contributed by atoms with Crippen molar-refractivity contribution >= 4 is 108 Å². The van der Waals surface area contributed by atoms with Crippen molar-refractivity contribution in [1.29, 1.82) is 0 Å². The Morgan fingerprint density at radius 2 is 1.18 bits per heavy atom. The molecule has 1 aliphatic rings. The van der Waals surface area contributed by atoms with Crippen molar-refractivity contribution in [2.24, 2.45) is 9.98 Å². The second kappa shape index (κ2) is 14.1. The van der Waals surface area contributed by atoms with Crippen molar-refractivity contribution < 1.29 is 4.42 Å². The number of hydrogen-bond donors (Lipinski definition) is 1. The molecule has 0 fully saturated rings. The zero-order valence-corrected chi connectivity index (χ0v) is 35.7. The average Bonchev–Trinajstić information content (AvgIpc) is 4.03. The summed E-state index contributed by atoms with van der Waals surface area (Å²) in [5, 5.41) is 15.6. The fourth-order valence-electron chi connectivity index (χ4n) is 10.2. The molecule has 6 heteroatoms. The molecule has 13 aromatic rings. The van der Waals surface area contributed by atoms with Crippen LogP contribution in [-0.2, 0) is 0 Å². The standard InChI is InChI=1S/C59H36N4OS/c1-2-14-35(15-3-1)57-60-58(39-26-28-44-43-21-9-12-24-51(43)64-52(44)32-39)62-59(61-57)45-29-27-40(63-49-23-11-8-20-42(49)47-30-36-16-4-5-17-37(36)31-50(47)63)34-48(45)55-41-19-7-6-18-38(41)33-54-56(55)46-22-10-13-25-53(46)65-54/h1-34,57H,(H,60,61,62). The van der Waals surface area contributed by atoms with Gasteiger partial charge in [-0.15, -0.1) is 11.3 Å². The number of fused-ring (bicyclic) bond motifs is 11. The topological polar surface area (TPSA) is 54.8 Å². The Bertz CT molecular complexity index is 4170. The van der Waals surface area contributed by atoms with Gasteiger partial charge in [0.15, 0.2) is 5.84 Å². The molecule has 0 amide bonds. The van der Waals surface area contributed by atoms with Crippen LogP contribution in [0.25, 0.3) is 102 Å². The molecule has 0 aliphatic carbocycles. The molecule has 304 valence electrons. The van der Waals surface area contributed by atoms with Gasteiger partial charge in [0.05, 0.1) is 11.0 Å². The summed E-state index contributed by atoms with van der Waals surface area (Å²) in [5.41, 5.74) is 10.3. The van der Waals surface area contributed by atoms with Crippen LogP contribution in [0, 0.1) is 0 Å². The first-order valence-corrected chi connectivity index (χ1v) is 22.8. The summed E-state index contributed by atoms with van der Waals surface area (Å²) in [6.45, 7) is 0. The fourth-order valence-corrected chi connectivity index (χ4v) is 11.4. The van der Waals surface area contributed by atoms with Crippen molar-refractivity contribution in [3.63, 3.8) is 0 Å². The number of para-hydroxylation sites is 2. The highest BCUT2D eigenvalue weighted by atomic mass is 32.1. The van der Waals surface area contributed by atoms with Gasteiger partial charge in [-0.1, -0.05) is 140 Å². The Kier molecular flexibility index (Phi) is 7.85. The maximum absolute atomic E-state index is 6.41. The molecular formula is C59H36N4OS. The van der Waals surface area contributed by atoms with Gasteiger partial charge in [0, 0.05) is 58.5 Å². The van der Waals surface area contributed by atoms with E-state index in [-0.39, 0.29) is 0 Å². The van der Waals surface area contributed by atoms with E-state index in [1.807, 2.05) is 29.5 Å². The monoisotopic (exact) mass is 848 g/mol. The van der Waals surface area contributed by atoms with Crippen LogP contribution in [0.2, 0.25) is 0 Å². The Balaban J connectivity index is 1.07. The third-order valence-electron chi connectivity index (χ3n) is 13.2. The maximum atomic E-state index is 6.41. The number of nitrogens with zero attached hydrogens (tertiary/aromatic N) is 3. The summed E-state index contributed by atoms with van der Waals surface area (Å²) < 4.78 is 11.4. The van der Waals surface area contributed by atoms with E-state index < -0.39 is 6.17 Å². The summed E-state index contributed by atoms with van der Waals surface area (Å²) in [7, 11) is 0. The lowest BCUT2D eigenvalue weighted by atomic mass is 9.89. The molecule has 4 heterocycles. The first-order valence-electron chi connectivity index (χ1n) is 22.0. The Morgan fingerprint density at radius 3 is 2.06 bits per heavy atom. The molecule has 0 saturated carbocycles. The van der Waals surface area contributed by atoms with E-state index in [2.05, 4.69) is 198 Å². The van der Waals surface area contributed by atoms with Crippen molar-refractivity contribution in [2.75, 3.05) is 0 Å². The minimum atomic E-state index is -0.391. The molecule has 1 atom stereocenters. The largest absolute Gasteiger partial charge is 0.456 e. The lowest BCUT2D eigenvalue weighted by Crippen LogP contribution is -2.33. The Morgan fingerprint density at radius 1 is 0.477 bits per heavy atom. The highest BCUT2D eigenvalue weighted by molar-refractivity contribution is 7.26. The molecule has 5 nitrogen and oxygen atoms in total. The first-order chi connectivity index (χ1) is 32.2. The number of hydrogen-bond acceptors (Lipinski definition) is 5. The summed E-state index contributed by atoms with van der Waals surface area (Å²) in [6, 6.07) is 74.0. The van der Waals surface area contributed by atoms with E-state index in [4.69, 9.17) is 14.4 Å². The third-order valence-corrected chi connectivity index (χ3v) is 14.3. The normalized spacial score (nSPS) is 14.3. The molecule has 0 saturated heterocycles. The average molecular weight is 849 g/mol. The van der Waals surface area contributed by atoms with Crippen LogP contribution in [0.4, 0.5) is 0 Å². The van der Waals surface area contributed by atoms with Crippen LogP contribution in [0.15, 0.2) is 221 Å². The SMILES string of the molecule is c1ccc(C2N=C(c3ccc(-n4c5ccccc5c5cc6ccccc6cc54)cc3-c3c4ccccc4cc4sc5ccccc5c34)N=C(c3ccc4c(c3)oc3ccccc34)N2)cc1. The number of rotatable bonds is 5. The number of nitrogens with one attached hydrogen (secondary N) is 1. The van der Waals surface area contributed by atoms with E-state index >= 15 is 0 Å². The summed E-state index contributed by atoms with van der Waals surface area (Å²) >= 11 is 1.85. The van der Waals surface area contributed by atoms with Crippen molar-refractivity contribution in [3.05, 3.63) is 223 Å². The molecule has 1 aliphatic heterocycles. The van der Waals surface area contributed by atoms with E-state index in [1.54, 1.807) is 0 Å². The number of furan rings is 1. The molecular weight excluding hydrogens is 813 g/mol. The second-order valence-electron chi connectivity index (χ2n) is 16.9. The maximum Gasteiger partial charge on any atom is 0.160 e. The van der Waals surface area contributed by atoms with Crippen molar-refractivity contribution in [3.8, 4) is 16.8 Å². The fraction of sp³-hybridized carbons (Fsp3) is 0.0169. The van der Waals surface area contributed by atoms with Gasteiger partial charge in [-0.05, 0) is 105 Å². The van der Waals surface area contributed by atoms with Gasteiger partial charge in [-0.2, -0.15) is 0 Å². The van der Waals surface area contributed by atoms with Gasteiger partial charge < -0.3 is 14.3 Å². The van der Waals surface area contributed by atoms with Crippen molar-refractivity contribution in [2.45, 2.75) is 6.17 Å². The summed E-state index contributed by atoms with van der Waals surface area (Å²) in [5.74, 6) is 1.40. The van der Waals surface area contributed by atoms with E-state index in [9.17, 15) is 0 Å².